The summed E-state index contributed by atoms with van der Waals surface area (Å²) in [6, 6.07) is 15.1. The van der Waals surface area contributed by atoms with Crippen molar-refractivity contribution in [3.8, 4) is 5.75 Å². The molecule has 0 aliphatic carbocycles. The molecule has 1 aromatic heterocycles. The lowest BCUT2D eigenvalue weighted by molar-refractivity contribution is 0.0435. The lowest BCUT2D eigenvalue weighted by Gasteiger charge is -2.11. The molecule has 0 spiro atoms. The first-order valence-corrected chi connectivity index (χ1v) is 10.4. The first-order chi connectivity index (χ1) is 14.3. The van der Waals surface area contributed by atoms with Crippen molar-refractivity contribution in [1.82, 2.24) is 4.31 Å². The van der Waals surface area contributed by atoms with Crippen LogP contribution in [-0.2, 0) is 28.0 Å². The average molecular weight is 433 g/mol. The van der Waals surface area contributed by atoms with Crippen LogP contribution in [0.2, 0.25) is 0 Å². The van der Waals surface area contributed by atoms with Gasteiger partial charge in [0.15, 0.2) is 0 Å². The Bertz CT molecular complexity index is 1120. The van der Waals surface area contributed by atoms with Gasteiger partial charge in [0.25, 0.3) is 10.0 Å². The molecule has 0 fully saturated rings. The number of hydrogen-bond acceptors (Lipinski definition) is 6. The molecule has 3 aromatic rings. The molecule has 0 bridgehead atoms. The van der Waals surface area contributed by atoms with E-state index in [9.17, 15) is 17.6 Å². The summed E-state index contributed by atoms with van der Waals surface area (Å²) in [6.45, 7) is -0.0947. The van der Waals surface area contributed by atoms with Gasteiger partial charge in [0.05, 0.1) is 0 Å². The second-order valence-corrected chi connectivity index (χ2v) is 8.58. The first kappa shape index (κ1) is 21.5. The number of benzene rings is 2. The molecule has 0 N–H and O–H groups in total. The van der Waals surface area contributed by atoms with Crippen molar-refractivity contribution in [1.29, 1.82) is 0 Å². The SMILES string of the molecule is CN(C)S(=O)(=O)c1ccc(COC(=O)c2ccccc2OCc2ccc(F)cc2)o1. The van der Waals surface area contributed by atoms with Crippen molar-refractivity contribution in [2.75, 3.05) is 14.1 Å². The number of carbonyl (C=O) groups is 1. The zero-order valence-corrected chi connectivity index (χ0v) is 17.2. The summed E-state index contributed by atoms with van der Waals surface area (Å²) in [5, 5.41) is -0.235. The van der Waals surface area contributed by atoms with E-state index in [4.69, 9.17) is 13.9 Å². The maximum atomic E-state index is 13.0. The number of halogens is 1. The van der Waals surface area contributed by atoms with Crippen LogP contribution in [0.5, 0.6) is 5.75 Å². The molecule has 0 saturated heterocycles. The van der Waals surface area contributed by atoms with Gasteiger partial charge in [-0.15, -0.1) is 0 Å². The summed E-state index contributed by atoms with van der Waals surface area (Å²) in [5.41, 5.74) is 0.942. The predicted octanol–water partition coefficient (Wildman–Crippen LogP) is 3.61. The van der Waals surface area contributed by atoms with Crippen LogP contribution in [-0.4, -0.2) is 32.8 Å². The minimum absolute atomic E-state index is 0.147. The number of sulfonamides is 1. The summed E-state index contributed by atoms with van der Waals surface area (Å²) in [5.74, 6) is -0.504. The van der Waals surface area contributed by atoms with Crippen molar-refractivity contribution in [2.24, 2.45) is 0 Å². The Morgan fingerprint density at radius 2 is 1.70 bits per heavy atom. The molecule has 9 heteroatoms. The van der Waals surface area contributed by atoms with E-state index in [1.54, 1.807) is 36.4 Å². The standard InChI is InChI=1S/C21H20FNO6S/c1-23(2)30(25,26)20-12-11-17(29-20)14-28-21(24)18-5-3-4-6-19(18)27-13-15-7-9-16(22)10-8-15/h3-12H,13-14H2,1-2H3. The van der Waals surface area contributed by atoms with Crippen LogP contribution in [0.15, 0.2) is 70.2 Å². The fourth-order valence-corrected chi connectivity index (χ4v) is 3.28. The van der Waals surface area contributed by atoms with Gasteiger partial charge in [-0.3, -0.25) is 0 Å². The quantitative estimate of drug-likeness (QED) is 0.505. The van der Waals surface area contributed by atoms with Gasteiger partial charge in [0, 0.05) is 14.1 Å². The third-order valence-electron chi connectivity index (χ3n) is 4.13. The minimum atomic E-state index is -3.71. The third kappa shape index (κ3) is 5.05. The van der Waals surface area contributed by atoms with Gasteiger partial charge in [0.1, 0.15) is 36.1 Å². The lowest BCUT2D eigenvalue weighted by Crippen LogP contribution is -2.21. The van der Waals surface area contributed by atoms with Crippen molar-refractivity contribution in [3.63, 3.8) is 0 Å². The van der Waals surface area contributed by atoms with Gasteiger partial charge in [-0.25, -0.2) is 21.9 Å². The fraction of sp³-hybridized carbons (Fsp3) is 0.190. The fourth-order valence-electron chi connectivity index (χ4n) is 2.47. The number of rotatable bonds is 8. The summed E-state index contributed by atoms with van der Waals surface area (Å²) >= 11 is 0. The van der Waals surface area contributed by atoms with Gasteiger partial charge in [-0.05, 0) is 42.0 Å². The number of nitrogens with zero attached hydrogens (tertiary/aromatic N) is 1. The monoisotopic (exact) mass is 433 g/mol. The van der Waals surface area contributed by atoms with E-state index in [-0.39, 0.29) is 35.4 Å². The van der Waals surface area contributed by atoms with Gasteiger partial charge in [-0.1, -0.05) is 24.3 Å². The molecule has 0 amide bonds. The Morgan fingerprint density at radius 3 is 2.40 bits per heavy atom. The van der Waals surface area contributed by atoms with E-state index in [0.29, 0.717) is 5.75 Å². The number of carbonyl (C=O) groups excluding carboxylic acids is 1. The smallest absolute Gasteiger partial charge is 0.342 e. The van der Waals surface area contributed by atoms with Crippen LogP contribution in [0.3, 0.4) is 0 Å². The molecule has 1 heterocycles. The maximum absolute atomic E-state index is 13.0. The van der Waals surface area contributed by atoms with E-state index >= 15 is 0 Å². The molecule has 7 nitrogen and oxygen atoms in total. The summed E-state index contributed by atoms with van der Waals surface area (Å²) < 4.78 is 54.3. The van der Waals surface area contributed by atoms with Crippen molar-refractivity contribution < 1.29 is 31.5 Å². The molecule has 3 rings (SSSR count). The Hall–Kier alpha value is -3.17. The Labute approximate surface area is 173 Å². The van der Waals surface area contributed by atoms with Crippen LogP contribution in [0.1, 0.15) is 21.7 Å². The Balaban J connectivity index is 1.65. The highest BCUT2D eigenvalue weighted by atomic mass is 32.2. The van der Waals surface area contributed by atoms with E-state index in [0.717, 1.165) is 9.87 Å². The summed E-state index contributed by atoms with van der Waals surface area (Å²) in [4.78, 5) is 12.5. The zero-order chi connectivity index (χ0) is 21.7. The average Bonchev–Trinajstić information content (AvgIpc) is 3.21. The van der Waals surface area contributed by atoms with Gasteiger partial charge < -0.3 is 13.9 Å². The van der Waals surface area contributed by atoms with Crippen LogP contribution in [0.25, 0.3) is 0 Å². The predicted molar refractivity (Wildman–Crippen MR) is 106 cm³/mol. The van der Waals surface area contributed by atoms with Crippen molar-refractivity contribution in [2.45, 2.75) is 18.3 Å². The van der Waals surface area contributed by atoms with Gasteiger partial charge in [0.2, 0.25) is 5.09 Å². The van der Waals surface area contributed by atoms with Crippen molar-refractivity contribution in [3.05, 3.63) is 83.4 Å². The van der Waals surface area contributed by atoms with Crippen LogP contribution in [0, 0.1) is 5.82 Å². The van der Waals surface area contributed by atoms with Crippen LogP contribution in [0.4, 0.5) is 4.39 Å². The molecule has 0 atom stereocenters. The highest BCUT2D eigenvalue weighted by Gasteiger charge is 2.22. The van der Waals surface area contributed by atoms with Crippen molar-refractivity contribution >= 4 is 16.0 Å². The number of esters is 1. The molecular formula is C21H20FNO6S. The first-order valence-electron chi connectivity index (χ1n) is 8.92. The third-order valence-corrected chi connectivity index (χ3v) is 5.82. The van der Waals surface area contributed by atoms with E-state index in [1.165, 1.54) is 38.4 Å². The molecule has 0 saturated carbocycles. The second kappa shape index (κ2) is 9.10. The van der Waals surface area contributed by atoms with E-state index in [2.05, 4.69) is 0 Å². The maximum Gasteiger partial charge on any atom is 0.342 e. The highest BCUT2D eigenvalue weighted by molar-refractivity contribution is 7.88. The second-order valence-electron chi connectivity index (χ2n) is 6.50. The number of hydrogen-bond donors (Lipinski definition) is 0. The number of para-hydroxylation sites is 1. The highest BCUT2D eigenvalue weighted by Crippen LogP contribution is 2.22. The number of ether oxygens (including phenoxy) is 2. The topological polar surface area (TPSA) is 86.0 Å². The van der Waals surface area contributed by atoms with Crippen LogP contribution < -0.4 is 4.74 Å². The van der Waals surface area contributed by atoms with Gasteiger partial charge in [-0.2, -0.15) is 0 Å². The summed E-state index contributed by atoms with van der Waals surface area (Å²) in [6.07, 6.45) is 0. The largest absolute Gasteiger partial charge is 0.488 e. The normalized spacial score (nSPS) is 11.5. The summed E-state index contributed by atoms with van der Waals surface area (Å²) in [7, 11) is -0.929. The molecule has 2 aromatic carbocycles. The van der Waals surface area contributed by atoms with E-state index in [1.807, 2.05) is 0 Å². The minimum Gasteiger partial charge on any atom is -0.488 e. The molecule has 0 aliphatic rings. The molecule has 158 valence electrons. The lowest BCUT2D eigenvalue weighted by atomic mass is 10.2. The Kier molecular flexibility index (Phi) is 6.53. The molecule has 0 aliphatic heterocycles. The molecule has 0 radical (unpaired) electrons. The Morgan fingerprint density at radius 1 is 1.00 bits per heavy atom. The molecule has 30 heavy (non-hydrogen) atoms. The van der Waals surface area contributed by atoms with Gasteiger partial charge >= 0.3 is 5.97 Å². The van der Waals surface area contributed by atoms with Crippen LogP contribution >= 0.6 is 0 Å². The number of furan rings is 1. The zero-order valence-electron chi connectivity index (χ0n) is 16.4. The van der Waals surface area contributed by atoms with E-state index < -0.39 is 16.0 Å². The molecule has 0 unspecified atom stereocenters. The molecular weight excluding hydrogens is 413 g/mol.